The van der Waals surface area contributed by atoms with Gasteiger partial charge in [0.25, 0.3) is 0 Å². The van der Waals surface area contributed by atoms with E-state index in [1.807, 2.05) is 6.07 Å². The fourth-order valence-electron chi connectivity index (χ4n) is 2.35. The molecule has 4 heteroatoms. The third-order valence-electron chi connectivity index (χ3n) is 3.52. The lowest BCUT2D eigenvalue weighted by Gasteiger charge is -2.16. The molecule has 0 spiro atoms. The van der Waals surface area contributed by atoms with Crippen molar-refractivity contribution in [1.82, 2.24) is 0 Å². The molecule has 112 valence electrons. The van der Waals surface area contributed by atoms with Gasteiger partial charge in [-0.05, 0) is 24.1 Å². The van der Waals surface area contributed by atoms with Gasteiger partial charge in [-0.15, -0.1) is 0 Å². The Balaban J connectivity index is 2.05. The van der Waals surface area contributed by atoms with Gasteiger partial charge in [0.15, 0.2) is 11.5 Å². The molecule has 1 aromatic rings. The molecule has 0 amide bonds. The molecule has 1 aliphatic rings. The zero-order valence-corrected chi connectivity index (χ0v) is 15.1. The van der Waals surface area contributed by atoms with Gasteiger partial charge in [-0.2, -0.15) is 0 Å². The van der Waals surface area contributed by atoms with E-state index in [0.717, 1.165) is 42.0 Å². The van der Waals surface area contributed by atoms with E-state index in [1.165, 1.54) is 31.2 Å². The van der Waals surface area contributed by atoms with Gasteiger partial charge in [0, 0.05) is 15.7 Å². The Morgan fingerprint density at radius 3 is 2.50 bits per heavy atom. The minimum Gasteiger partial charge on any atom is -0.490 e. The van der Waals surface area contributed by atoms with Crippen molar-refractivity contribution in [2.24, 2.45) is 0 Å². The average molecular weight is 406 g/mol. The van der Waals surface area contributed by atoms with E-state index >= 15 is 0 Å². The van der Waals surface area contributed by atoms with E-state index in [1.54, 1.807) is 0 Å². The summed E-state index contributed by atoms with van der Waals surface area (Å²) in [4.78, 5) is 0.367. The zero-order chi connectivity index (χ0) is 14.4. The molecule has 1 aromatic carbocycles. The lowest BCUT2D eigenvalue weighted by molar-refractivity contribution is 0.297. The molecule has 0 fully saturated rings. The van der Waals surface area contributed by atoms with Gasteiger partial charge in [0.05, 0.1) is 13.2 Å². The van der Waals surface area contributed by atoms with Crippen LogP contribution in [-0.2, 0) is 0 Å². The van der Waals surface area contributed by atoms with E-state index in [0.29, 0.717) is 4.83 Å². The van der Waals surface area contributed by atoms with Crippen LogP contribution in [0.5, 0.6) is 11.5 Å². The molecule has 1 unspecified atom stereocenters. The molecule has 2 nitrogen and oxygen atoms in total. The number of benzene rings is 1. The predicted molar refractivity (Wildman–Crippen MR) is 90.2 cm³/mol. The lowest BCUT2D eigenvalue weighted by Crippen LogP contribution is -1.97. The molecule has 20 heavy (non-hydrogen) atoms. The number of hydrogen-bond donors (Lipinski definition) is 0. The normalized spacial score (nSPS) is 15.8. The predicted octanol–water partition coefficient (Wildman–Crippen LogP) is 6.02. The summed E-state index contributed by atoms with van der Waals surface area (Å²) in [5.74, 6) is 1.72. The van der Waals surface area contributed by atoms with E-state index in [9.17, 15) is 0 Å². The van der Waals surface area contributed by atoms with Crippen molar-refractivity contribution in [2.75, 3.05) is 13.2 Å². The Labute approximate surface area is 138 Å². The Kier molecular flexibility index (Phi) is 6.69. The number of unbranched alkanes of at least 4 members (excludes halogenated alkanes) is 3. The van der Waals surface area contributed by atoms with E-state index in [4.69, 9.17) is 9.47 Å². The summed E-state index contributed by atoms with van der Waals surface area (Å²) in [5, 5.41) is 0. The minimum absolute atomic E-state index is 0.367. The summed E-state index contributed by atoms with van der Waals surface area (Å²) in [6.07, 6.45) is 7.25. The molecule has 1 heterocycles. The number of alkyl halides is 1. The molecule has 1 atom stereocenters. The SMILES string of the molecule is CCCCCCC(Br)c1cc2c(cc1Br)OCCCO2. The Morgan fingerprint density at radius 1 is 1.10 bits per heavy atom. The van der Waals surface area contributed by atoms with Gasteiger partial charge in [-0.3, -0.25) is 0 Å². The van der Waals surface area contributed by atoms with E-state index in [-0.39, 0.29) is 0 Å². The summed E-state index contributed by atoms with van der Waals surface area (Å²) < 4.78 is 12.6. The summed E-state index contributed by atoms with van der Waals surface area (Å²) in [6, 6.07) is 4.15. The number of halogens is 2. The molecular formula is C16H22Br2O2. The Bertz CT molecular complexity index is 435. The first-order valence-corrected chi connectivity index (χ1v) is 9.16. The Morgan fingerprint density at radius 2 is 1.80 bits per heavy atom. The zero-order valence-electron chi connectivity index (χ0n) is 12.0. The highest BCUT2D eigenvalue weighted by atomic mass is 79.9. The second-order valence-corrected chi connectivity index (χ2v) is 7.15. The van der Waals surface area contributed by atoms with Crippen molar-refractivity contribution in [3.05, 3.63) is 22.2 Å². The maximum absolute atomic E-state index is 5.77. The molecule has 0 saturated carbocycles. The number of hydrogen-bond acceptors (Lipinski definition) is 2. The molecule has 0 aliphatic carbocycles. The van der Waals surface area contributed by atoms with Crippen LogP contribution in [0.25, 0.3) is 0 Å². The summed E-state index contributed by atoms with van der Waals surface area (Å²) in [5.41, 5.74) is 1.26. The molecular weight excluding hydrogens is 384 g/mol. The number of ether oxygens (including phenoxy) is 2. The van der Waals surface area contributed by atoms with Gasteiger partial charge in [-0.25, -0.2) is 0 Å². The largest absolute Gasteiger partial charge is 0.490 e. The topological polar surface area (TPSA) is 18.5 Å². The van der Waals surface area contributed by atoms with Crippen LogP contribution in [-0.4, -0.2) is 13.2 Å². The first-order valence-electron chi connectivity index (χ1n) is 7.45. The summed E-state index contributed by atoms with van der Waals surface area (Å²) in [6.45, 7) is 3.71. The van der Waals surface area contributed by atoms with Crippen LogP contribution < -0.4 is 9.47 Å². The average Bonchev–Trinajstić information content (AvgIpc) is 2.67. The van der Waals surface area contributed by atoms with E-state index in [2.05, 4.69) is 44.8 Å². The molecule has 0 saturated heterocycles. The van der Waals surface area contributed by atoms with Gasteiger partial charge in [0.2, 0.25) is 0 Å². The molecule has 0 radical (unpaired) electrons. The third-order valence-corrected chi connectivity index (χ3v) is 5.15. The van der Waals surface area contributed by atoms with Gasteiger partial charge < -0.3 is 9.47 Å². The first kappa shape index (κ1) is 16.2. The van der Waals surface area contributed by atoms with Crippen molar-refractivity contribution in [3.63, 3.8) is 0 Å². The molecule has 0 aromatic heterocycles. The minimum atomic E-state index is 0.367. The van der Waals surface area contributed by atoms with Crippen LogP contribution in [0.15, 0.2) is 16.6 Å². The van der Waals surface area contributed by atoms with Crippen molar-refractivity contribution in [1.29, 1.82) is 0 Å². The number of fused-ring (bicyclic) bond motifs is 1. The molecule has 0 N–H and O–H groups in total. The first-order chi connectivity index (χ1) is 9.72. The van der Waals surface area contributed by atoms with Crippen LogP contribution in [0, 0.1) is 0 Å². The van der Waals surface area contributed by atoms with Crippen molar-refractivity contribution >= 4 is 31.9 Å². The van der Waals surface area contributed by atoms with Crippen LogP contribution >= 0.6 is 31.9 Å². The van der Waals surface area contributed by atoms with Gasteiger partial charge >= 0.3 is 0 Å². The smallest absolute Gasteiger partial charge is 0.162 e. The van der Waals surface area contributed by atoms with Crippen LogP contribution in [0.4, 0.5) is 0 Å². The van der Waals surface area contributed by atoms with Crippen LogP contribution in [0.3, 0.4) is 0 Å². The second kappa shape index (κ2) is 8.28. The maximum Gasteiger partial charge on any atom is 0.162 e. The maximum atomic E-state index is 5.77. The van der Waals surface area contributed by atoms with Gasteiger partial charge in [0.1, 0.15) is 0 Å². The number of rotatable bonds is 6. The summed E-state index contributed by atoms with van der Waals surface area (Å²) >= 11 is 7.47. The van der Waals surface area contributed by atoms with Crippen molar-refractivity contribution < 1.29 is 9.47 Å². The highest BCUT2D eigenvalue weighted by Crippen LogP contribution is 2.41. The third kappa shape index (κ3) is 4.39. The highest BCUT2D eigenvalue weighted by molar-refractivity contribution is 9.11. The standard InChI is InChI=1S/C16H22Br2O2/c1-2-3-4-5-7-13(17)12-10-15-16(11-14(12)18)20-9-6-8-19-15/h10-11,13H,2-9H2,1H3. The highest BCUT2D eigenvalue weighted by Gasteiger charge is 2.18. The van der Waals surface area contributed by atoms with Crippen LogP contribution in [0.1, 0.15) is 55.8 Å². The Hall–Kier alpha value is -0.220. The quantitative estimate of drug-likeness (QED) is 0.425. The monoisotopic (exact) mass is 404 g/mol. The van der Waals surface area contributed by atoms with Crippen molar-refractivity contribution in [2.45, 2.75) is 50.3 Å². The lowest BCUT2D eigenvalue weighted by atomic mass is 10.0. The molecule has 1 aliphatic heterocycles. The second-order valence-electron chi connectivity index (χ2n) is 5.19. The van der Waals surface area contributed by atoms with Crippen molar-refractivity contribution in [3.8, 4) is 11.5 Å². The van der Waals surface area contributed by atoms with E-state index < -0.39 is 0 Å². The van der Waals surface area contributed by atoms with Gasteiger partial charge in [-0.1, -0.05) is 64.5 Å². The summed E-state index contributed by atoms with van der Waals surface area (Å²) in [7, 11) is 0. The molecule has 0 bridgehead atoms. The fourth-order valence-corrected chi connectivity index (χ4v) is 3.95. The molecule has 2 rings (SSSR count). The fraction of sp³-hybridized carbons (Fsp3) is 0.625. The van der Waals surface area contributed by atoms with Crippen LogP contribution in [0.2, 0.25) is 0 Å².